The molecule has 2 N–H and O–H groups in total. The lowest BCUT2D eigenvalue weighted by Gasteiger charge is -2.10. The van der Waals surface area contributed by atoms with Crippen molar-refractivity contribution in [1.82, 2.24) is 0 Å². The fraction of sp³-hybridized carbons (Fsp3) is 0.176. The van der Waals surface area contributed by atoms with Crippen LogP contribution in [0.4, 0.5) is 11.4 Å². The van der Waals surface area contributed by atoms with Crippen molar-refractivity contribution in [3.05, 3.63) is 59.2 Å². The first kappa shape index (κ1) is 14.6. The number of nitrogens with zero attached hydrogens (tertiary/aromatic N) is 1. The van der Waals surface area contributed by atoms with Gasteiger partial charge in [0.25, 0.3) is 5.91 Å². The molecule has 0 radical (unpaired) electrons. The Balaban J connectivity index is 2.16. The largest absolute Gasteiger partial charge is 0.385 e. The van der Waals surface area contributed by atoms with Crippen molar-refractivity contribution in [2.75, 3.05) is 17.2 Å². The van der Waals surface area contributed by atoms with Crippen LogP contribution in [0, 0.1) is 18.3 Å². The van der Waals surface area contributed by atoms with Crippen LogP contribution in [0.5, 0.6) is 0 Å². The average Bonchev–Trinajstić information content (AvgIpc) is 2.49. The van der Waals surface area contributed by atoms with Crippen molar-refractivity contribution in [3.8, 4) is 6.07 Å². The average molecular weight is 279 g/mol. The molecule has 21 heavy (non-hydrogen) atoms. The molecule has 0 aliphatic carbocycles. The van der Waals surface area contributed by atoms with Crippen molar-refractivity contribution in [1.29, 1.82) is 5.26 Å². The molecular weight excluding hydrogens is 262 g/mol. The Morgan fingerprint density at radius 3 is 2.71 bits per heavy atom. The fourth-order valence-corrected chi connectivity index (χ4v) is 2.06. The lowest BCUT2D eigenvalue weighted by atomic mass is 10.1. The Morgan fingerprint density at radius 1 is 1.24 bits per heavy atom. The van der Waals surface area contributed by atoms with Crippen LogP contribution in [0.15, 0.2) is 42.5 Å². The molecule has 0 heterocycles. The van der Waals surface area contributed by atoms with Gasteiger partial charge in [-0.3, -0.25) is 4.79 Å². The summed E-state index contributed by atoms with van der Waals surface area (Å²) in [4.78, 5) is 12.2. The smallest absolute Gasteiger partial charge is 0.255 e. The third-order valence-electron chi connectivity index (χ3n) is 3.11. The van der Waals surface area contributed by atoms with Gasteiger partial charge in [-0.15, -0.1) is 0 Å². The molecule has 0 saturated heterocycles. The minimum absolute atomic E-state index is 0.184. The first-order valence-corrected chi connectivity index (χ1v) is 6.80. The topological polar surface area (TPSA) is 64.9 Å². The third kappa shape index (κ3) is 3.61. The van der Waals surface area contributed by atoms with Crippen molar-refractivity contribution >= 4 is 17.3 Å². The number of amides is 1. The normalized spacial score (nSPS) is 9.76. The zero-order chi connectivity index (χ0) is 15.2. The molecule has 0 aliphatic rings. The van der Waals surface area contributed by atoms with E-state index in [1.165, 1.54) is 0 Å². The van der Waals surface area contributed by atoms with Crippen LogP contribution >= 0.6 is 0 Å². The second-order valence-electron chi connectivity index (χ2n) is 4.71. The van der Waals surface area contributed by atoms with Gasteiger partial charge in [0.2, 0.25) is 0 Å². The number of nitrogens with one attached hydrogen (secondary N) is 2. The molecular formula is C17H17N3O. The van der Waals surface area contributed by atoms with Gasteiger partial charge < -0.3 is 10.6 Å². The lowest BCUT2D eigenvalue weighted by molar-refractivity contribution is 0.102. The number of carbonyl (C=O) groups excluding carboxylic acids is 1. The van der Waals surface area contributed by atoms with Crippen molar-refractivity contribution in [2.45, 2.75) is 13.8 Å². The molecule has 0 bridgehead atoms. The van der Waals surface area contributed by atoms with Crippen LogP contribution in [0.1, 0.15) is 28.4 Å². The van der Waals surface area contributed by atoms with E-state index >= 15 is 0 Å². The number of anilines is 2. The quantitative estimate of drug-likeness (QED) is 0.899. The lowest BCUT2D eigenvalue weighted by Crippen LogP contribution is -2.12. The van der Waals surface area contributed by atoms with Gasteiger partial charge in [0.1, 0.15) is 0 Å². The SMILES string of the molecule is CCNc1ccc(C(=O)Nc2cccc(C#N)c2)cc1C. The molecule has 2 rings (SSSR count). The van der Waals surface area contributed by atoms with E-state index in [0.29, 0.717) is 16.8 Å². The molecule has 4 heteroatoms. The van der Waals surface area contributed by atoms with Gasteiger partial charge in [-0.1, -0.05) is 6.07 Å². The highest BCUT2D eigenvalue weighted by atomic mass is 16.1. The summed E-state index contributed by atoms with van der Waals surface area (Å²) in [6, 6.07) is 14.4. The van der Waals surface area contributed by atoms with Crippen LogP contribution < -0.4 is 10.6 Å². The molecule has 0 unspecified atom stereocenters. The number of aryl methyl sites for hydroxylation is 1. The van der Waals surface area contributed by atoms with E-state index in [-0.39, 0.29) is 5.91 Å². The van der Waals surface area contributed by atoms with Crippen LogP contribution in [0.25, 0.3) is 0 Å². The zero-order valence-electron chi connectivity index (χ0n) is 12.1. The maximum Gasteiger partial charge on any atom is 0.255 e. The van der Waals surface area contributed by atoms with E-state index < -0.39 is 0 Å². The molecule has 0 atom stereocenters. The molecule has 1 amide bonds. The first-order valence-electron chi connectivity index (χ1n) is 6.80. The summed E-state index contributed by atoms with van der Waals surface area (Å²) in [6.45, 7) is 4.83. The summed E-state index contributed by atoms with van der Waals surface area (Å²) < 4.78 is 0. The van der Waals surface area contributed by atoms with E-state index in [0.717, 1.165) is 17.8 Å². The number of benzene rings is 2. The molecule has 0 saturated carbocycles. The molecule has 4 nitrogen and oxygen atoms in total. The van der Waals surface area contributed by atoms with Gasteiger partial charge in [0.15, 0.2) is 0 Å². The molecule has 2 aromatic carbocycles. The van der Waals surface area contributed by atoms with Crippen LogP contribution in [-0.4, -0.2) is 12.5 Å². The fourth-order valence-electron chi connectivity index (χ4n) is 2.06. The Hall–Kier alpha value is -2.80. The van der Waals surface area contributed by atoms with E-state index in [9.17, 15) is 4.79 Å². The standard InChI is InChI=1S/C17H17N3O/c1-3-19-16-8-7-14(9-12(16)2)17(21)20-15-6-4-5-13(10-15)11-18/h4-10,19H,3H2,1-2H3,(H,20,21). The summed E-state index contributed by atoms with van der Waals surface area (Å²) in [6.07, 6.45) is 0. The van der Waals surface area contributed by atoms with Gasteiger partial charge in [-0.2, -0.15) is 5.26 Å². The van der Waals surface area contributed by atoms with Crippen LogP contribution in [0.3, 0.4) is 0 Å². The van der Waals surface area contributed by atoms with Gasteiger partial charge in [0.05, 0.1) is 11.6 Å². The minimum atomic E-state index is -0.184. The summed E-state index contributed by atoms with van der Waals surface area (Å²) in [5.74, 6) is -0.184. The zero-order valence-corrected chi connectivity index (χ0v) is 12.1. The Kier molecular flexibility index (Phi) is 4.57. The summed E-state index contributed by atoms with van der Waals surface area (Å²) in [7, 11) is 0. The number of carbonyl (C=O) groups is 1. The minimum Gasteiger partial charge on any atom is -0.385 e. The van der Waals surface area contributed by atoms with E-state index in [1.807, 2.05) is 26.0 Å². The van der Waals surface area contributed by atoms with Gasteiger partial charge in [0, 0.05) is 23.5 Å². The van der Waals surface area contributed by atoms with Gasteiger partial charge in [-0.25, -0.2) is 0 Å². The second-order valence-corrected chi connectivity index (χ2v) is 4.71. The number of nitriles is 1. The summed E-state index contributed by atoms with van der Waals surface area (Å²) >= 11 is 0. The third-order valence-corrected chi connectivity index (χ3v) is 3.11. The monoisotopic (exact) mass is 279 g/mol. The second kappa shape index (κ2) is 6.58. The van der Waals surface area contributed by atoms with Crippen molar-refractivity contribution < 1.29 is 4.79 Å². The molecule has 0 spiro atoms. The molecule has 0 aromatic heterocycles. The van der Waals surface area contributed by atoms with Crippen LogP contribution in [0.2, 0.25) is 0 Å². The van der Waals surface area contributed by atoms with E-state index in [1.54, 1.807) is 30.3 Å². The molecule has 106 valence electrons. The highest BCUT2D eigenvalue weighted by Gasteiger charge is 2.08. The summed E-state index contributed by atoms with van der Waals surface area (Å²) in [5.41, 5.74) is 3.78. The predicted molar refractivity (Wildman–Crippen MR) is 84.5 cm³/mol. The predicted octanol–water partition coefficient (Wildman–Crippen LogP) is 3.55. The Labute approximate surface area is 124 Å². The first-order chi connectivity index (χ1) is 10.1. The Morgan fingerprint density at radius 2 is 2.05 bits per heavy atom. The van der Waals surface area contributed by atoms with Crippen LogP contribution in [-0.2, 0) is 0 Å². The molecule has 2 aromatic rings. The van der Waals surface area contributed by atoms with Gasteiger partial charge >= 0.3 is 0 Å². The number of hydrogen-bond acceptors (Lipinski definition) is 3. The van der Waals surface area contributed by atoms with E-state index in [2.05, 4.69) is 16.7 Å². The molecule has 0 fully saturated rings. The highest BCUT2D eigenvalue weighted by molar-refractivity contribution is 6.04. The highest BCUT2D eigenvalue weighted by Crippen LogP contribution is 2.18. The maximum absolute atomic E-state index is 12.2. The summed E-state index contributed by atoms with van der Waals surface area (Å²) in [5, 5.41) is 14.9. The van der Waals surface area contributed by atoms with E-state index in [4.69, 9.17) is 5.26 Å². The number of hydrogen-bond donors (Lipinski definition) is 2. The maximum atomic E-state index is 12.2. The van der Waals surface area contributed by atoms with Crippen molar-refractivity contribution in [3.63, 3.8) is 0 Å². The Bertz CT molecular complexity index is 701. The van der Waals surface area contributed by atoms with Gasteiger partial charge in [-0.05, 0) is 55.8 Å². The number of rotatable bonds is 4. The van der Waals surface area contributed by atoms with Crippen molar-refractivity contribution in [2.24, 2.45) is 0 Å². The molecule has 0 aliphatic heterocycles.